The topological polar surface area (TPSA) is 105 Å². The van der Waals surface area contributed by atoms with Crippen LogP contribution in [0, 0.1) is 6.92 Å². The maximum absolute atomic E-state index is 12.7. The van der Waals surface area contributed by atoms with Gasteiger partial charge in [-0.1, -0.05) is 41.9 Å². The molecule has 2 aromatic carbocycles. The van der Waals surface area contributed by atoms with Crippen LogP contribution < -0.4 is 11.1 Å². The molecule has 0 amide bonds. The molecule has 1 aromatic heterocycles. The van der Waals surface area contributed by atoms with Crippen molar-refractivity contribution in [2.24, 2.45) is 0 Å². The molecule has 41 heavy (non-hydrogen) atoms. The molecule has 9 heteroatoms. The Hall–Kier alpha value is -3.33. The number of hydrogen-bond acceptors (Lipinski definition) is 7. The lowest BCUT2D eigenvalue weighted by atomic mass is 10.0. The number of thiophene rings is 1. The molecule has 0 spiro atoms. The highest BCUT2D eigenvalue weighted by molar-refractivity contribution is 7.18. The van der Waals surface area contributed by atoms with Gasteiger partial charge in [-0.05, 0) is 88.4 Å². The minimum Gasteiger partial charge on any atom is -0.483 e. The summed E-state index contributed by atoms with van der Waals surface area (Å²) in [6.07, 6.45) is 3.91. The van der Waals surface area contributed by atoms with E-state index in [1.54, 1.807) is 6.08 Å². The Morgan fingerprint density at radius 2 is 1.83 bits per heavy atom. The van der Waals surface area contributed by atoms with E-state index in [0.717, 1.165) is 59.9 Å². The molecule has 1 aliphatic rings. The Morgan fingerprint density at radius 1 is 1.22 bits per heavy atom. The van der Waals surface area contributed by atoms with E-state index < -0.39 is 5.60 Å². The molecule has 3 aromatic rings. The first-order valence-corrected chi connectivity index (χ1v) is 14.7. The quantitative estimate of drug-likeness (QED) is 0.114. The van der Waals surface area contributed by atoms with E-state index in [2.05, 4.69) is 41.1 Å². The van der Waals surface area contributed by atoms with Crippen molar-refractivity contribution in [3.8, 4) is 10.4 Å². The number of nitrogen functional groups attached to an aromatic ring is 1. The molecule has 0 radical (unpaired) electrons. The number of hydrogen-bond donors (Lipinski definition) is 3. The first-order chi connectivity index (χ1) is 19.4. The summed E-state index contributed by atoms with van der Waals surface area (Å²) in [6, 6.07) is 16.8. The van der Waals surface area contributed by atoms with Crippen LogP contribution in [0.4, 0.5) is 11.4 Å². The Kier molecular flexibility index (Phi) is 13.4. The number of rotatable bonds is 6. The van der Waals surface area contributed by atoms with Crippen molar-refractivity contribution in [2.45, 2.75) is 65.6 Å². The fourth-order valence-electron chi connectivity index (χ4n) is 4.37. The molecule has 222 valence electrons. The molecule has 2 heterocycles. The van der Waals surface area contributed by atoms with Crippen LogP contribution in [0.1, 0.15) is 61.3 Å². The van der Waals surface area contributed by atoms with E-state index in [1.165, 1.54) is 16.9 Å². The largest absolute Gasteiger partial charge is 0.483 e. The van der Waals surface area contributed by atoms with Crippen LogP contribution in [0.5, 0.6) is 0 Å². The van der Waals surface area contributed by atoms with Gasteiger partial charge in [0, 0.05) is 37.1 Å². The average Bonchev–Trinajstić information content (AvgIpc) is 3.20. The van der Waals surface area contributed by atoms with Crippen molar-refractivity contribution in [3.05, 3.63) is 82.2 Å². The third-order valence-electron chi connectivity index (χ3n) is 6.10. The normalized spacial score (nSPS) is 13.6. The van der Waals surface area contributed by atoms with Gasteiger partial charge >= 0.3 is 5.97 Å². The standard InChI is InChI=1S/C28H34ClN3O2S.C3H6.CH2O2/c1-18-24(29)26(35-25(18)27(33)34-28(2,3)4)20-8-6-10-23(16-20)31-22-11-13-32(14-12-22)17-19-7-5-9-21(30)15-19;1-3-2;2-1-3/h5-10,15-16,22,31H,11-14,17,30H2,1-4H3;3H,1H2,2H3;1H,(H,2,3). The number of piperidine rings is 1. The summed E-state index contributed by atoms with van der Waals surface area (Å²) in [6.45, 7) is 15.5. The van der Waals surface area contributed by atoms with Gasteiger partial charge in [0.15, 0.2) is 0 Å². The Morgan fingerprint density at radius 3 is 2.41 bits per heavy atom. The van der Waals surface area contributed by atoms with Gasteiger partial charge in [0.2, 0.25) is 0 Å². The van der Waals surface area contributed by atoms with Crippen molar-refractivity contribution in [3.63, 3.8) is 0 Å². The van der Waals surface area contributed by atoms with Gasteiger partial charge in [0.1, 0.15) is 10.5 Å². The molecular weight excluding hydrogens is 558 g/mol. The molecule has 0 bridgehead atoms. The van der Waals surface area contributed by atoms with E-state index in [4.69, 9.17) is 32.0 Å². The number of ether oxygens (including phenoxy) is 1. The number of carboxylic acid groups (broad SMARTS) is 1. The molecule has 4 N–H and O–H groups in total. The third-order valence-corrected chi connectivity index (χ3v) is 8.00. The fraction of sp³-hybridized carbons (Fsp3) is 0.375. The Bertz CT molecular complexity index is 1290. The lowest BCUT2D eigenvalue weighted by Crippen LogP contribution is -2.38. The molecule has 7 nitrogen and oxygen atoms in total. The van der Waals surface area contributed by atoms with E-state index in [0.29, 0.717) is 15.9 Å². The zero-order valence-corrected chi connectivity index (χ0v) is 26.1. The van der Waals surface area contributed by atoms with Gasteiger partial charge in [0.05, 0.1) is 9.90 Å². The first-order valence-electron chi connectivity index (χ1n) is 13.5. The second-order valence-electron chi connectivity index (χ2n) is 10.7. The summed E-state index contributed by atoms with van der Waals surface area (Å²) in [5.74, 6) is -0.327. The summed E-state index contributed by atoms with van der Waals surface area (Å²) < 4.78 is 5.58. The van der Waals surface area contributed by atoms with Crippen LogP contribution in [0.2, 0.25) is 5.02 Å². The molecule has 0 atom stereocenters. The van der Waals surface area contributed by atoms with Gasteiger partial charge in [-0.25, -0.2) is 4.79 Å². The van der Waals surface area contributed by atoms with Crippen LogP contribution in [0.3, 0.4) is 0 Å². The zero-order chi connectivity index (χ0) is 30.6. The number of benzene rings is 2. The van der Waals surface area contributed by atoms with Crippen LogP contribution >= 0.6 is 22.9 Å². The summed E-state index contributed by atoms with van der Waals surface area (Å²) in [7, 11) is 0. The monoisotopic (exact) mass is 599 g/mol. The molecule has 4 rings (SSSR count). The van der Waals surface area contributed by atoms with Crippen molar-refractivity contribution < 1.29 is 19.4 Å². The summed E-state index contributed by atoms with van der Waals surface area (Å²) >= 11 is 8.06. The SMILES string of the molecule is C=CC.Cc1c(C(=O)OC(C)(C)C)sc(-c2cccc(NC3CCN(Cc4cccc(N)c4)CC3)c2)c1Cl.O=CO. The summed E-state index contributed by atoms with van der Waals surface area (Å²) in [5.41, 5.74) is 10.3. The van der Waals surface area contributed by atoms with E-state index in [1.807, 2.05) is 58.9 Å². The number of halogens is 1. The lowest BCUT2D eigenvalue weighted by molar-refractivity contribution is -0.122. The van der Waals surface area contributed by atoms with Crippen LogP contribution in [0.25, 0.3) is 10.4 Å². The number of esters is 1. The van der Waals surface area contributed by atoms with E-state index in [-0.39, 0.29) is 12.4 Å². The number of nitrogens with two attached hydrogens (primary N) is 1. The number of nitrogens with one attached hydrogen (secondary N) is 1. The minimum atomic E-state index is -0.548. The highest BCUT2D eigenvalue weighted by Gasteiger charge is 2.25. The first kappa shape index (κ1) is 33.9. The molecule has 0 unspecified atom stereocenters. The maximum atomic E-state index is 12.7. The number of likely N-dealkylation sites (tertiary alicyclic amines) is 1. The Labute approximate surface area is 253 Å². The fourth-order valence-corrected chi connectivity index (χ4v) is 5.82. The second kappa shape index (κ2) is 16.2. The van der Waals surface area contributed by atoms with Gasteiger partial charge in [0.25, 0.3) is 6.47 Å². The molecular formula is C32H42ClN3O4S. The van der Waals surface area contributed by atoms with E-state index in [9.17, 15) is 4.79 Å². The summed E-state index contributed by atoms with van der Waals surface area (Å²) in [5, 5.41) is 11.2. The average molecular weight is 600 g/mol. The van der Waals surface area contributed by atoms with Crippen LogP contribution in [-0.4, -0.2) is 47.2 Å². The van der Waals surface area contributed by atoms with Gasteiger partial charge < -0.3 is 20.9 Å². The number of carbonyl (C=O) groups excluding carboxylic acids is 1. The Balaban J connectivity index is 0.000000901. The number of allylic oxidation sites excluding steroid dienone is 1. The predicted octanol–water partition coefficient (Wildman–Crippen LogP) is 7.88. The molecule has 1 saturated heterocycles. The van der Waals surface area contributed by atoms with Crippen molar-refractivity contribution in [2.75, 3.05) is 24.1 Å². The smallest absolute Gasteiger partial charge is 0.349 e. The predicted molar refractivity (Wildman–Crippen MR) is 172 cm³/mol. The van der Waals surface area contributed by atoms with E-state index >= 15 is 0 Å². The minimum absolute atomic E-state index is 0.250. The third kappa shape index (κ3) is 10.9. The summed E-state index contributed by atoms with van der Waals surface area (Å²) in [4.78, 5) is 25.0. The van der Waals surface area contributed by atoms with Crippen molar-refractivity contribution >= 4 is 46.8 Å². The molecule has 0 saturated carbocycles. The zero-order valence-electron chi connectivity index (χ0n) is 24.6. The highest BCUT2D eigenvalue weighted by Crippen LogP contribution is 2.41. The van der Waals surface area contributed by atoms with Gasteiger partial charge in [-0.15, -0.1) is 17.9 Å². The van der Waals surface area contributed by atoms with Crippen molar-refractivity contribution in [1.29, 1.82) is 0 Å². The molecule has 1 fully saturated rings. The number of anilines is 2. The van der Waals surface area contributed by atoms with Gasteiger partial charge in [-0.3, -0.25) is 9.69 Å². The number of nitrogens with zero attached hydrogens (tertiary/aromatic N) is 1. The van der Waals surface area contributed by atoms with Crippen LogP contribution in [0.15, 0.2) is 61.2 Å². The van der Waals surface area contributed by atoms with Crippen molar-refractivity contribution in [1.82, 2.24) is 4.90 Å². The van der Waals surface area contributed by atoms with Gasteiger partial charge in [-0.2, -0.15) is 0 Å². The lowest BCUT2D eigenvalue weighted by Gasteiger charge is -2.33. The molecule has 0 aliphatic carbocycles. The number of carbonyl (C=O) groups is 2. The maximum Gasteiger partial charge on any atom is 0.349 e. The molecule has 1 aliphatic heterocycles. The second-order valence-corrected chi connectivity index (χ2v) is 12.1. The van der Waals surface area contributed by atoms with Crippen LogP contribution in [-0.2, 0) is 16.1 Å². The highest BCUT2D eigenvalue weighted by atomic mass is 35.5.